The molecule has 0 spiro atoms. The van der Waals surface area contributed by atoms with Crippen LogP contribution in [0.4, 0.5) is 0 Å². The molecule has 2 aliphatic rings. The van der Waals surface area contributed by atoms with E-state index in [1.165, 1.54) is 0 Å². The van der Waals surface area contributed by atoms with Crippen LogP contribution < -0.4 is 10.6 Å². The van der Waals surface area contributed by atoms with E-state index in [1.807, 2.05) is 12.1 Å². The van der Waals surface area contributed by atoms with Crippen LogP contribution in [0, 0.1) is 11.8 Å². The minimum absolute atomic E-state index is 0.0445. The van der Waals surface area contributed by atoms with Gasteiger partial charge in [-0.1, -0.05) is 42.3 Å². The molecular formula is C16H20Cl2N2O. The predicted molar refractivity (Wildman–Crippen MR) is 85.9 cm³/mol. The van der Waals surface area contributed by atoms with Gasteiger partial charge in [-0.15, -0.1) is 0 Å². The maximum absolute atomic E-state index is 12.4. The number of hydrogen-bond donors (Lipinski definition) is 2. The maximum Gasteiger partial charge on any atom is 0.223 e. The molecule has 4 unspecified atom stereocenters. The highest BCUT2D eigenvalue weighted by molar-refractivity contribution is 6.42. The lowest BCUT2D eigenvalue weighted by Gasteiger charge is -2.30. The quantitative estimate of drug-likeness (QED) is 0.895. The third-order valence-corrected chi connectivity index (χ3v) is 5.45. The zero-order valence-electron chi connectivity index (χ0n) is 12.0. The summed E-state index contributed by atoms with van der Waals surface area (Å²) in [7, 11) is 0. The molecule has 1 saturated heterocycles. The maximum atomic E-state index is 12.4. The Morgan fingerprint density at radius 3 is 2.95 bits per heavy atom. The van der Waals surface area contributed by atoms with E-state index in [4.69, 9.17) is 23.2 Å². The number of halogens is 2. The van der Waals surface area contributed by atoms with E-state index in [9.17, 15) is 4.79 Å². The van der Waals surface area contributed by atoms with Crippen LogP contribution in [0.25, 0.3) is 0 Å². The molecule has 2 fully saturated rings. The van der Waals surface area contributed by atoms with Crippen LogP contribution in [-0.2, 0) is 4.79 Å². The van der Waals surface area contributed by atoms with Crippen LogP contribution in [0.5, 0.6) is 0 Å². The fourth-order valence-corrected chi connectivity index (χ4v) is 3.60. The number of piperidine rings is 1. The number of rotatable bonds is 3. The monoisotopic (exact) mass is 326 g/mol. The molecule has 21 heavy (non-hydrogen) atoms. The third kappa shape index (κ3) is 3.20. The summed E-state index contributed by atoms with van der Waals surface area (Å²) in [4.78, 5) is 12.4. The van der Waals surface area contributed by atoms with Gasteiger partial charge in [0.05, 0.1) is 10.0 Å². The van der Waals surface area contributed by atoms with Gasteiger partial charge in [0.15, 0.2) is 0 Å². The van der Waals surface area contributed by atoms with E-state index >= 15 is 0 Å². The zero-order valence-corrected chi connectivity index (χ0v) is 13.5. The molecule has 1 saturated carbocycles. The van der Waals surface area contributed by atoms with E-state index < -0.39 is 0 Å². The molecule has 2 N–H and O–H groups in total. The summed E-state index contributed by atoms with van der Waals surface area (Å²) in [5.74, 6) is 0.903. The minimum atomic E-state index is 0.0445. The van der Waals surface area contributed by atoms with Gasteiger partial charge in [-0.2, -0.15) is 0 Å². The van der Waals surface area contributed by atoms with Gasteiger partial charge in [-0.05, 0) is 49.4 Å². The first-order valence-corrected chi connectivity index (χ1v) is 8.28. The molecule has 4 atom stereocenters. The topological polar surface area (TPSA) is 41.1 Å². The largest absolute Gasteiger partial charge is 0.353 e. The smallest absolute Gasteiger partial charge is 0.223 e. The third-order valence-electron chi connectivity index (χ3n) is 4.62. The summed E-state index contributed by atoms with van der Waals surface area (Å²) in [6.07, 6.45) is 1.87. The van der Waals surface area contributed by atoms with Crippen LogP contribution in [0.15, 0.2) is 18.2 Å². The first-order chi connectivity index (χ1) is 10.1. The van der Waals surface area contributed by atoms with Crippen molar-refractivity contribution >= 4 is 29.1 Å². The van der Waals surface area contributed by atoms with Crippen molar-refractivity contribution in [3.63, 3.8) is 0 Å². The molecule has 5 heteroatoms. The minimum Gasteiger partial charge on any atom is -0.353 e. The van der Waals surface area contributed by atoms with Gasteiger partial charge in [-0.25, -0.2) is 0 Å². The Morgan fingerprint density at radius 1 is 1.38 bits per heavy atom. The molecule has 1 aromatic rings. The van der Waals surface area contributed by atoms with Crippen molar-refractivity contribution in [1.29, 1.82) is 0 Å². The van der Waals surface area contributed by atoms with Gasteiger partial charge in [0.25, 0.3) is 0 Å². The van der Waals surface area contributed by atoms with Crippen molar-refractivity contribution < 1.29 is 4.79 Å². The highest BCUT2D eigenvalue weighted by Gasteiger charge is 2.45. The summed E-state index contributed by atoms with van der Waals surface area (Å²) < 4.78 is 0. The fourth-order valence-electron chi connectivity index (χ4n) is 3.15. The summed E-state index contributed by atoms with van der Waals surface area (Å²) >= 11 is 12.3. The summed E-state index contributed by atoms with van der Waals surface area (Å²) in [6.45, 7) is 4.12. The van der Waals surface area contributed by atoms with Crippen LogP contribution in [0.2, 0.25) is 10.0 Å². The second kappa shape index (κ2) is 6.15. The van der Waals surface area contributed by atoms with Crippen molar-refractivity contribution in [2.24, 2.45) is 11.8 Å². The number of hydrogen-bond acceptors (Lipinski definition) is 2. The molecule has 0 radical (unpaired) electrons. The van der Waals surface area contributed by atoms with Gasteiger partial charge in [0.1, 0.15) is 0 Å². The van der Waals surface area contributed by atoms with Crippen molar-refractivity contribution in [3.05, 3.63) is 33.8 Å². The lowest BCUT2D eigenvalue weighted by molar-refractivity contribution is -0.123. The molecule has 1 aromatic carbocycles. The number of amides is 1. The van der Waals surface area contributed by atoms with E-state index in [2.05, 4.69) is 17.6 Å². The Balaban J connectivity index is 1.62. The molecule has 0 aromatic heterocycles. The van der Waals surface area contributed by atoms with Gasteiger partial charge in [0.2, 0.25) is 5.91 Å². The van der Waals surface area contributed by atoms with Gasteiger partial charge in [0, 0.05) is 12.0 Å². The Morgan fingerprint density at radius 2 is 2.19 bits per heavy atom. The van der Waals surface area contributed by atoms with Crippen LogP contribution >= 0.6 is 23.2 Å². The standard InChI is InChI=1S/C16H20Cl2N2O/c1-9-8-19-6-5-14(9)20-16(21)12-7-11(12)10-3-2-4-13(17)15(10)18/h2-4,9,11-12,14,19H,5-8H2,1H3,(H,20,21). The average molecular weight is 327 g/mol. The van der Waals surface area contributed by atoms with Gasteiger partial charge in [-0.3, -0.25) is 4.79 Å². The lowest BCUT2D eigenvalue weighted by atomic mass is 9.95. The van der Waals surface area contributed by atoms with E-state index in [0.717, 1.165) is 31.5 Å². The normalized spacial score (nSPS) is 31.8. The zero-order chi connectivity index (χ0) is 15.0. The van der Waals surface area contributed by atoms with Crippen LogP contribution in [-0.4, -0.2) is 25.0 Å². The van der Waals surface area contributed by atoms with Crippen LogP contribution in [0.1, 0.15) is 31.2 Å². The Kier molecular flexibility index (Phi) is 4.43. The van der Waals surface area contributed by atoms with E-state index in [-0.39, 0.29) is 23.8 Å². The molecule has 0 bridgehead atoms. The van der Waals surface area contributed by atoms with Crippen LogP contribution in [0.3, 0.4) is 0 Å². The molecule has 1 amide bonds. The molecule has 114 valence electrons. The van der Waals surface area contributed by atoms with E-state index in [0.29, 0.717) is 16.0 Å². The lowest BCUT2D eigenvalue weighted by Crippen LogP contribution is -2.48. The fraction of sp³-hybridized carbons (Fsp3) is 0.562. The highest BCUT2D eigenvalue weighted by atomic mass is 35.5. The van der Waals surface area contributed by atoms with Gasteiger partial charge < -0.3 is 10.6 Å². The summed E-state index contributed by atoms with van der Waals surface area (Å²) in [6, 6.07) is 5.93. The second-order valence-corrected chi connectivity index (χ2v) is 6.96. The van der Waals surface area contributed by atoms with E-state index in [1.54, 1.807) is 6.07 Å². The highest BCUT2D eigenvalue weighted by Crippen LogP contribution is 2.50. The Labute approximate surface area is 135 Å². The summed E-state index contributed by atoms with van der Waals surface area (Å²) in [5, 5.41) is 7.71. The molecule has 1 heterocycles. The summed E-state index contributed by atoms with van der Waals surface area (Å²) in [5.41, 5.74) is 1.00. The predicted octanol–water partition coefficient (Wildman–Crippen LogP) is 3.21. The molecule has 3 rings (SSSR count). The Bertz CT molecular complexity index is 549. The van der Waals surface area contributed by atoms with Crippen molar-refractivity contribution in [1.82, 2.24) is 10.6 Å². The van der Waals surface area contributed by atoms with Crippen molar-refractivity contribution in [2.45, 2.75) is 31.7 Å². The first-order valence-electron chi connectivity index (χ1n) is 7.53. The first kappa shape index (κ1) is 15.1. The number of carbonyl (C=O) groups is 1. The van der Waals surface area contributed by atoms with Gasteiger partial charge >= 0.3 is 0 Å². The van der Waals surface area contributed by atoms with Crippen molar-refractivity contribution in [2.75, 3.05) is 13.1 Å². The molecule has 1 aliphatic carbocycles. The Hall–Kier alpha value is -0.770. The number of carbonyl (C=O) groups excluding carboxylic acids is 1. The molecular weight excluding hydrogens is 307 g/mol. The molecule has 1 aliphatic heterocycles. The second-order valence-electron chi connectivity index (χ2n) is 6.18. The average Bonchev–Trinajstić information content (AvgIpc) is 3.25. The molecule has 3 nitrogen and oxygen atoms in total. The van der Waals surface area contributed by atoms with Crippen molar-refractivity contribution in [3.8, 4) is 0 Å². The number of nitrogens with one attached hydrogen (secondary N) is 2. The number of benzene rings is 1. The SMILES string of the molecule is CC1CNCCC1NC(=O)C1CC1c1cccc(Cl)c1Cl.